The van der Waals surface area contributed by atoms with Gasteiger partial charge < -0.3 is 9.64 Å². The molecule has 0 saturated carbocycles. The number of benzene rings is 1. The van der Waals surface area contributed by atoms with Crippen molar-refractivity contribution in [3.63, 3.8) is 0 Å². The molecule has 0 aromatic heterocycles. The molecule has 0 N–H and O–H groups in total. The molecule has 0 atom stereocenters. The van der Waals surface area contributed by atoms with Crippen molar-refractivity contribution in [1.29, 1.82) is 0 Å². The molecule has 2 aliphatic rings. The van der Waals surface area contributed by atoms with Crippen molar-refractivity contribution in [1.82, 2.24) is 9.80 Å². The Balaban J connectivity index is 1.59. The maximum atomic E-state index is 12.3. The SMILES string of the molecule is C=CCN1C(=O)/C(=C/c2ccc(OCC(=O)N3CCCC3)cc2)SC1=S. The average Bonchev–Trinajstić information content (AvgIpc) is 3.26. The van der Waals surface area contributed by atoms with Gasteiger partial charge in [-0.25, -0.2) is 0 Å². The lowest BCUT2D eigenvalue weighted by atomic mass is 10.2. The topological polar surface area (TPSA) is 49.9 Å². The van der Waals surface area contributed by atoms with E-state index in [0.717, 1.165) is 31.5 Å². The molecule has 1 aromatic carbocycles. The van der Waals surface area contributed by atoms with Gasteiger partial charge in [-0.05, 0) is 36.6 Å². The molecule has 2 fully saturated rings. The Hall–Kier alpha value is -2.12. The van der Waals surface area contributed by atoms with E-state index < -0.39 is 0 Å². The van der Waals surface area contributed by atoms with E-state index in [4.69, 9.17) is 17.0 Å². The summed E-state index contributed by atoms with van der Waals surface area (Å²) in [5, 5.41) is 0. The van der Waals surface area contributed by atoms with Gasteiger partial charge in [-0.3, -0.25) is 14.5 Å². The first-order chi connectivity index (χ1) is 12.6. The summed E-state index contributed by atoms with van der Waals surface area (Å²) in [6.07, 6.45) is 5.60. The van der Waals surface area contributed by atoms with E-state index in [1.54, 1.807) is 18.2 Å². The van der Waals surface area contributed by atoms with Crippen molar-refractivity contribution in [3.8, 4) is 5.75 Å². The van der Waals surface area contributed by atoms with Crippen molar-refractivity contribution in [2.24, 2.45) is 0 Å². The predicted molar refractivity (Wildman–Crippen MR) is 108 cm³/mol. The number of carbonyl (C=O) groups excluding carboxylic acids is 2. The molecular formula is C19H20N2O3S2. The zero-order valence-electron chi connectivity index (χ0n) is 14.3. The fraction of sp³-hybridized carbons (Fsp3) is 0.316. The highest BCUT2D eigenvalue weighted by Crippen LogP contribution is 2.32. The molecule has 5 nitrogen and oxygen atoms in total. The van der Waals surface area contributed by atoms with Gasteiger partial charge in [-0.1, -0.05) is 42.2 Å². The lowest BCUT2D eigenvalue weighted by Crippen LogP contribution is -2.32. The number of likely N-dealkylation sites (tertiary alicyclic amines) is 1. The second-order valence-electron chi connectivity index (χ2n) is 6.03. The van der Waals surface area contributed by atoms with E-state index in [1.165, 1.54) is 16.7 Å². The number of amides is 2. The Kier molecular flexibility index (Phi) is 6.11. The van der Waals surface area contributed by atoms with E-state index in [9.17, 15) is 9.59 Å². The van der Waals surface area contributed by atoms with Crippen molar-refractivity contribution in [3.05, 3.63) is 47.4 Å². The number of thiocarbonyl (C=S) groups is 1. The van der Waals surface area contributed by atoms with Gasteiger partial charge in [0.2, 0.25) is 0 Å². The summed E-state index contributed by atoms with van der Waals surface area (Å²) in [4.78, 5) is 28.3. The zero-order chi connectivity index (χ0) is 18.5. The minimum Gasteiger partial charge on any atom is -0.484 e. The second kappa shape index (κ2) is 8.51. The summed E-state index contributed by atoms with van der Waals surface area (Å²) in [5.41, 5.74) is 0.877. The molecule has 0 radical (unpaired) electrons. The first kappa shape index (κ1) is 18.7. The van der Waals surface area contributed by atoms with Crippen molar-refractivity contribution < 1.29 is 14.3 Å². The normalized spacial score (nSPS) is 18.7. The van der Waals surface area contributed by atoms with Gasteiger partial charge in [-0.15, -0.1) is 6.58 Å². The number of hydrogen-bond donors (Lipinski definition) is 0. The fourth-order valence-electron chi connectivity index (χ4n) is 2.80. The van der Waals surface area contributed by atoms with Gasteiger partial charge in [0.25, 0.3) is 11.8 Å². The quantitative estimate of drug-likeness (QED) is 0.426. The van der Waals surface area contributed by atoms with Crippen molar-refractivity contribution in [2.75, 3.05) is 26.2 Å². The molecule has 26 heavy (non-hydrogen) atoms. The molecule has 0 bridgehead atoms. The molecule has 2 heterocycles. The maximum absolute atomic E-state index is 12.3. The van der Waals surface area contributed by atoms with Crippen LogP contribution < -0.4 is 4.74 Å². The Bertz CT molecular complexity index is 753. The Morgan fingerprint density at radius 1 is 1.27 bits per heavy atom. The third-order valence-corrected chi connectivity index (χ3v) is 5.56. The van der Waals surface area contributed by atoms with Crippen LogP contribution in [0.5, 0.6) is 5.75 Å². The van der Waals surface area contributed by atoms with Crippen LogP contribution in [0.15, 0.2) is 41.8 Å². The first-order valence-corrected chi connectivity index (χ1v) is 9.68. The van der Waals surface area contributed by atoms with E-state index in [0.29, 0.717) is 21.5 Å². The van der Waals surface area contributed by atoms with Crippen molar-refractivity contribution >= 4 is 46.2 Å². The van der Waals surface area contributed by atoms with E-state index in [1.807, 2.05) is 23.1 Å². The van der Waals surface area contributed by atoms with Crippen LogP contribution in [0.1, 0.15) is 18.4 Å². The molecule has 1 aromatic rings. The third-order valence-electron chi connectivity index (χ3n) is 4.18. The lowest BCUT2D eigenvalue weighted by molar-refractivity contribution is -0.132. The molecule has 3 rings (SSSR count). The van der Waals surface area contributed by atoms with Crippen LogP contribution >= 0.6 is 24.0 Å². The van der Waals surface area contributed by atoms with E-state index in [2.05, 4.69) is 6.58 Å². The number of rotatable bonds is 6. The molecule has 7 heteroatoms. The minimum atomic E-state index is -0.101. The van der Waals surface area contributed by atoms with Crippen LogP contribution in [0.4, 0.5) is 0 Å². The molecule has 2 saturated heterocycles. The maximum Gasteiger partial charge on any atom is 0.266 e. The van der Waals surface area contributed by atoms with Crippen LogP contribution in [0.2, 0.25) is 0 Å². The molecule has 0 unspecified atom stereocenters. The molecule has 0 aliphatic carbocycles. The molecular weight excluding hydrogens is 368 g/mol. The number of ether oxygens (including phenoxy) is 1. The molecule has 136 valence electrons. The van der Waals surface area contributed by atoms with Crippen LogP contribution in [-0.2, 0) is 9.59 Å². The van der Waals surface area contributed by atoms with Gasteiger partial charge in [0, 0.05) is 19.6 Å². The zero-order valence-corrected chi connectivity index (χ0v) is 16.0. The lowest BCUT2D eigenvalue weighted by Gasteiger charge is -2.15. The summed E-state index contributed by atoms with van der Waals surface area (Å²) in [6.45, 7) is 5.76. The first-order valence-electron chi connectivity index (χ1n) is 8.45. The highest BCUT2D eigenvalue weighted by molar-refractivity contribution is 8.26. The van der Waals surface area contributed by atoms with Crippen LogP contribution in [-0.4, -0.2) is 52.2 Å². The monoisotopic (exact) mass is 388 g/mol. The second-order valence-corrected chi connectivity index (χ2v) is 7.70. The Morgan fingerprint density at radius 2 is 1.96 bits per heavy atom. The summed E-state index contributed by atoms with van der Waals surface area (Å²) in [5.74, 6) is 0.558. The summed E-state index contributed by atoms with van der Waals surface area (Å²) in [6, 6.07) is 7.31. The van der Waals surface area contributed by atoms with Crippen LogP contribution in [0.25, 0.3) is 6.08 Å². The average molecular weight is 389 g/mol. The fourth-order valence-corrected chi connectivity index (χ4v) is 4.08. The largest absolute Gasteiger partial charge is 0.484 e. The van der Waals surface area contributed by atoms with Crippen LogP contribution in [0, 0.1) is 0 Å². The van der Waals surface area contributed by atoms with E-state index in [-0.39, 0.29) is 18.4 Å². The Morgan fingerprint density at radius 3 is 2.62 bits per heavy atom. The highest BCUT2D eigenvalue weighted by Gasteiger charge is 2.30. The number of carbonyl (C=O) groups is 2. The number of hydrogen-bond acceptors (Lipinski definition) is 5. The standard InChI is InChI=1S/C19H20N2O3S2/c1-2-9-21-18(23)16(26-19(21)25)12-14-5-7-15(8-6-14)24-13-17(22)20-10-3-4-11-20/h2,5-8,12H,1,3-4,9-11,13H2/b16-12-. The van der Waals surface area contributed by atoms with Gasteiger partial charge in [0.15, 0.2) is 6.61 Å². The molecule has 2 amide bonds. The minimum absolute atomic E-state index is 0.0254. The Labute approximate surface area is 162 Å². The van der Waals surface area contributed by atoms with Gasteiger partial charge in [0.1, 0.15) is 10.1 Å². The summed E-state index contributed by atoms with van der Waals surface area (Å²) in [7, 11) is 0. The van der Waals surface area contributed by atoms with Gasteiger partial charge in [0.05, 0.1) is 4.91 Å². The third kappa shape index (κ3) is 4.34. The number of thioether (sulfide) groups is 1. The van der Waals surface area contributed by atoms with Gasteiger partial charge >= 0.3 is 0 Å². The molecule has 2 aliphatic heterocycles. The summed E-state index contributed by atoms with van der Waals surface area (Å²) < 4.78 is 6.11. The predicted octanol–water partition coefficient (Wildman–Crippen LogP) is 3.08. The van der Waals surface area contributed by atoms with Crippen molar-refractivity contribution in [2.45, 2.75) is 12.8 Å². The van der Waals surface area contributed by atoms with Gasteiger partial charge in [-0.2, -0.15) is 0 Å². The summed E-state index contributed by atoms with van der Waals surface area (Å²) >= 11 is 6.51. The smallest absolute Gasteiger partial charge is 0.266 e. The number of nitrogens with zero attached hydrogens (tertiary/aromatic N) is 2. The van der Waals surface area contributed by atoms with E-state index >= 15 is 0 Å². The molecule has 0 spiro atoms. The van der Waals surface area contributed by atoms with Crippen LogP contribution in [0.3, 0.4) is 0 Å². The highest BCUT2D eigenvalue weighted by atomic mass is 32.2.